The van der Waals surface area contributed by atoms with E-state index in [-0.39, 0.29) is 0 Å². The van der Waals surface area contributed by atoms with Crippen LogP contribution < -0.4 is 0 Å². The summed E-state index contributed by atoms with van der Waals surface area (Å²) in [5.74, 6) is 0. The lowest BCUT2D eigenvalue weighted by Gasteiger charge is -2.15. The summed E-state index contributed by atoms with van der Waals surface area (Å²) in [4.78, 5) is 0. The molecule has 1 heteroatoms. The van der Waals surface area contributed by atoms with Crippen molar-refractivity contribution in [3.8, 4) is 39.1 Å². The predicted octanol–water partition coefficient (Wildman–Crippen LogP) is 11.0. The van der Waals surface area contributed by atoms with Gasteiger partial charge in [-0.05, 0) is 129 Å². The van der Waals surface area contributed by atoms with Gasteiger partial charge in [-0.3, -0.25) is 0 Å². The van der Waals surface area contributed by atoms with Gasteiger partial charge in [0.25, 0.3) is 0 Å². The Bertz CT molecular complexity index is 2300. The van der Waals surface area contributed by atoms with Crippen molar-refractivity contribution in [2.24, 2.45) is 0 Å². The molecule has 2 aliphatic rings. The maximum Gasteiger partial charge on any atom is 0.0582 e. The summed E-state index contributed by atoms with van der Waals surface area (Å²) in [6, 6.07) is 41.5. The highest BCUT2D eigenvalue weighted by Gasteiger charge is 2.35. The van der Waals surface area contributed by atoms with Gasteiger partial charge in [0.1, 0.15) is 0 Å². The molecule has 0 radical (unpaired) electrons. The topological polar surface area (TPSA) is 4.93 Å². The van der Waals surface area contributed by atoms with Crippen LogP contribution in [-0.2, 0) is 25.7 Å². The van der Waals surface area contributed by atoms with Crippen LogP contribution in [0.1, 0.15) is 52.8 Å². The largest absolute Gasteiger partial charge is 0.309 e. The van der Waals surface area contributed by atoms with Gasteiger partial charge < -0.3 is 4.57 Å². The van der Waals surface area contributed by atoms with E-state index in [0.717, 1.165) is 25.7 Å². The third-order valence-corrected chi connectivity index (χ3v) is 10.1. The zero-order valence-corrected chi connectivity index (χ0v) is 25.7. The Hall–Kier alpha value is -4.88. The second kappa shape index (κ2) is 9.56. The molecule has 0 aliphatic heterocycles. The number of fused-ring (bicyclic) bond motifs is 4. The highest BCUT2D eigenvalue weighted by Crippen LogP contribution is 2.54. The molecule has 0 fully saturated rings. The van der Waals surface area contributed by atoms with Gasteiger partial charge in [0, 0.05) is 22.9 Å². The van der Waals surface area contributed by atoms with E-state index in [1.165, 1.54) is 99.8 Å². The normalized spacial score (nSPS) is 12.9. The third-order valence-electron chi connectivity index (χ3n) is 10.1. The highest BCUT2D eigenvalue weighted by molar-refractivity contribution is 6.14. The van der Waals surface area contributed by atoms with Crippen LogP contribution in [0.4, 0.5) is 0 Å². The van der Waals surface area contributed by atoms with Gasteiger partial charge >= 0.3 is 0 Å². The summed E-state index contributed by atoms with van der Waals surface area (Å²) in [6.45, 7) is 6.76. The maximum atomic E-state index is 2.57. The first kappa shape index (κ1) is 25.6. The molecule has 0 saturated heterocycles. The molecular formula is C43H35N. The second-order valence-corrected chi connectivity index (χ2v) is 12.8. The SMILES string of the molecule is CCc1cc(-c2ccccc2)cc(-c2ccc3c4c2Cc2c-4c(cc4c5ccccc5n(-c5cc(C)cc(CC)c5)c24)C3)c1. The molecule has 9 rings (SSSR count). The maximum absolute atomic E-state index is 2.57. The van der Waals surface area contributed by atoms with Crippen LogP contribution in [-0.4, -0.2) is 4.57 Å². The van der Waals surface area contributed by atoms with Crippen LogP contribution in [0.5, 0.6) is 0 Å². The highest BCUT2D eigenvalue weighted by atomic mass is 15.0. The Morgan fingerprint density at radius 2 is 1.32 bits per heavy atom. The van der Waals surface area contributed by atoms with Gasteiger partial charge in [0.15, 0.2) is 0 Å². The van der Waals surface area contributed by atoms with E-state index in [4.69, 9.17) is 0 Å². The van der Waals surface area contributed by atoms with E-state index in [1.807, 2.05) is 0 Å². The van der Waals surface area contributed by atoms with E-state index in [0.29, 0.717) is 0 Å². The molecule has 0 unspecified atom stereocenters. The van der Waals surface area contributed by atoms with Crippen molar-refractivity contribution in [2.45, 2.75) is 46.5 Å². The lowest BCUT2D eigenvalue weighted by molar-refractivity contribution is 1.09. The number of hydrogen-bond acceptors (Lipinski definition) is 0. The zero-order valence-electron chi connectivity index (χ0n) is 25.7. The van der Waals surface area contributed by atoms with E-state index >= 15 is 0 Å². The number of hydrogen-bond donors (Lipinski definition) is 0. The number of nitrogens with zero attached hydrogens (tertiary/aromatic N) is 1. The number of para-hydroxylation sites is 1. The van der Waals surface area contributed by atoms with Crippen LogP contribution in [0.15, 0.2) is 109 Å². The zero-order chi connectivity index (χ0) is 29.5. The number of benzene rings is 6. The molecule has 1 heterocycles. The molecule has 7 aromatic rings. The van der Waals surface area contributed by atoms with E-state index in [9.17, 15) is 0 Å². The summed E-state index contributed by atoms with van der Waals surface area (Å²) in [5.41, 5.74) is 22.4. The summed E-state index contributed by atoms with van der Waals surface area (Å²) in [6.07, 6.45) is 4.05. The Kier molecular flexibility index (Phi) is 5.56. The lowest BCUT2D eigenvalue weighted by atomic mass is 9.90. The molecule has 0 amide bonds. The first-order valence-corrected chi connectivity index (χ1v) is 16.1. The van der Waals surface area contributed by atoms with Crippen LogP contribution >= 0.6 is 0 Å². The van der Waals surface area contributed by atoms with Gasteiger partial charge in [0.2, 0.25) is 0 Å². The molecule has 0 spiro atoms. The minimum Gasteiger partial charge on any atom is -0.309 e. The molecule has 0 N–H and O–H groups in total. The standard InChI is InChI=1S/C43H35N/c1-4-27-17-26(3)18-34(21-27)44-40-14-10-9-13-36(40)38-24-33-22-30-15-16-35(37-25-39(43(38)44)42(33)41(30)37)32-20-28(5-2)19-31(23-32)29-11-7-6-8-12-29/h6-21,23-24H,4-5,22,25H2,1-3H3. The predicted molar refractivity (Wildman–Crippen MR) is 186 cm³/mol. The fourth-order valence-electron chi connectivity index (χ4n) is 8.17. The van der Waals surface area contributed by atoms with Crippen molar-refractivity contribution in [3.63, 3.8) is 0 Å². The molecule has 0 saturated carbocycles. The minimum absolute atomic E-state index is 0.970. The molecule has 44 heavy (non-hydrogen) atoms. The van der Waals surface area contributed by atoms with E-state index in [2.05, 4.69) is 135 Å². The van der Waals surface area contributed by atoms with Gasteiger partial charge in [-0.15, -0.1) is 0 Å². The fourth-order valence-corrected chi connectivity index (χ4v) is 8.17. The van der Waals surface area contributed by atoms with Crippen molar-refractivity contribution in [2.75, 3.05) is 0 Å². The molecule has 1 aromatic heterocycles. The first-order valence-electron chi connectivity index (χ1n) is 16.1. The molecule has 2 aliphatic carbocycles. The van der Waals surface area contributed by atoms with Crippen molar-refractivity contribution < 1.29 is 0 Å². The molecule has 212 valence electrons. The summed E-state index contributed by atoms with van der Waals surface area (Å²) in [7, 11) is 0. The van der Waals surface area contributed by atoms with Crippen molar-refractivity contribution in [1.29, 1.82) is 0 Å². The molecular weight excluding hydrogens is 530 g/mol. The number of aryl methyl sites for hydroxylation is 3. The van der Waals surface area contributed by atoms with Gasteiger partial charge in [-0.2, -0.15) is 0 Å². The minimum atomic E-state index is 0.970. The molecule has 0 atom stereocenters. The first-order chi connectivity index (χ1) is 21.6. The fraction of sp³-hybridized carbons (Fsp3) is 0.163. The average Bonchev–Trinajstić information content (AvgIpc) is 3.75. The van der Waals surface area contributed by atoms with Gasteiger partial charge in [-0.25, -0.2) is 0 Å². The van der Waals surface area contributed by atoms with Gasteiger partial charge in [0.05, 0.1) is 11.0 Å². The van der Waals surface area contributed by atoms with Crippen molar-refractivity contribution >= 4 is 21.8 Å². The monoisotopic (exact) mass is 565 g/mol. The quantitative estimate of drug-likeness (QED) is 0.196. The third kappa shape index (κ3) is 3.65. The Balaban J connectivity index is 1.30. The van der Waals surface area contributed by atoms with Crippen LogP contribution in [0.25, 0.3) is 60.9 Å². The summed E-state index contributed by atoms with van der Waals surface area (Å²) >= 11 is 0. The number of rotatable bonds is 5. The molecule has 0 bridgehead atoms. The van der Waals surface area contributed by atoms with E-state index in [1.54, 1.807) is 0 Å². The lowest BCUT2D eigenvalue weighted by Crippen LogP contribution is -2.00. The van der Waals surface area contributed by atoms with Crippen LogP contribution in [0, 0.1) is 6.92 Å². The molecule has 6 aromatic carbocycles. The number of aromatic nitrogens is 1. The second-order valence-electron chi connectivity index (χ2n) is 12.8. The summed E-state index contributed by atoms with van der Waals surface area (Å²) in [5, 5.41) is 2.74. The summed E-state index contributed by atoms with van der Waals surface area (Å²) < 4.78 is 2.57. The Labute approximate surface area is 259 Å². The van der Waals surface area contributed by atoms with Gasteiger partial charge in [-0.1, -0.05) is 92.7 Å². The Morgan fingerprint density at radius 1 is 0.568 bits per heavy atom. The molecule has 1 nitrogen and oxygen atoms in total. The van der Waals surface area contributed by atoms with Crippen LogP contribution in [0.2, 0.25) is 0 Å². The van der Waals surface area contributed by atoms with Crippen molar-refractivity contribution in [1.82, 2.24) is 4.57 Å². The average molecular weight is 566 g/mol. The van der Waals surface area contributed by atoms with Crippen molar-refractivity contribution in [3.05, 3.63) is 148 Å². The van der Waals surface area contributed by atoms with Crippen LogP contribution in [0.3, 0.4) is 0 Å². The van der Waals surface area contributed by atoms with E-state index < -0.39 is 0 Å². The smallest absolute Gasteiger partial charge is 0.0582 e. The Morgan fingerprint density at radius 3 is 2.16 bits per heavy atom.